The van der Waals surface area contributed by atoms with E-state index in [9.17, 15) is 13.9 Å². The maximum atomic E-state index is 12.3. The Labute approximate surface area is 81.4 Å². The molecule has 1 aromatic carbocycles. The number of aryl methyl sites for hydroxylation is 1. The molecule has 0 bridgehead atoms. The Morgan fingerprint density at radius 2 is 2.07 bits per heavy atom. The summed E-state index contributed by atoms with van der Waals surface area (Å²) in [6, 6.07) is 3.20. The number of aromatic hydroxyl groups is 1. The van der Waals surface area contributed by atoms with E-state index in [0.29, 0.717) is 0 Å². The van der Waals surface area contributed by atoms with Gasteiger partial charge in [0.05, 0.1) is 6.04 Å². The van der Waals surface area contributed by atoms with Crippen molar-refractivity contribution in [3.8, 4) is 5.75 Å². The molecule has 0 aliphatic carbocycles. The molecule has 1 aromatic rings. The van der Waals surface area contributed by atoms with E-state index in [1.54, 1.807) is 6.07 Å². The first kappa shape index (κ1) is 10.9. The minimum Gasteiger partial charge on any atom is -0.508 e. The lowest BCUT2D eigenvalue weighted by atomic mass is 10.0. The molecule has 1 atom stereocenters. The Bertz CT molecular complexity index is 315. The number of benzene rings is 1. The zero-order valence-corrected chi connectivity index (χ0v) is 7.87. The van der Waals surface area contributed by atoms with Gasteiger partial charge in [-0.2, -0.15) is 0 Å². The normalized spacial score (nSPS) is 13.2. The molecule has 0 unspecified atom stereocenters. The van der Waals surface area contributed by atoms with Crippen LogP contribution in [-0.2, 0) is 6.42 Å². The molecule has 78 valence electrons. The molecule has 0 aliphatic heterocycles. The SMILES string of the molecule is CCc1ccc(O)c([C@H](N)C(F)F)c1. The molecule has 0 spiro atoms. The molecule has 0 saturated heterocycles. The van der Waals surface area contributed by atoms with Crippen LogP contribution in [0.2, 0.25) is 0 Å². The van der Waals surface area contributed by atoms with Crippen molar-refractivity contribution in [1.29, 1.82) is 0 Å². The second-order valence-corrected chi connectivity index (χ2v) is 3.11. The highest BCUT2D eigenvalue weighted by Crippen LogP contribution is 2.27. The van der Waals surface area contributed by atoms with Crippen molar-refractivity contribution in [2.45, 2.75) is 25.8 Å². The van der Waals surface area contributed by atoms with Crippen LogP contribution in [0.3, 0.4) is 0 Å². The number of rotatable bonds is 3. The number of phenolic OH excluding ortho intramolecular Hbond substituents is 1. The second-order valence-electron chi connectivity index (χ2n) is 3.11. The first-order chi connectivity index (χ1) is 6.56. The highest BCUT2D eigenvalue weighted by Gasteiger charge is 2.20. The first-order valence-corrected chi connectivity index (χ1v) is 4.41. The van der Waals surface area contributed by atoms with Crippen molar-refractivity contribution in [2.75, 3.05) is 0 Å². The summed E-state index contributed by atoms with van der Waals surface area (Å²) >= 11 is 0. The van der Waals surface area contributed by atoms with Gasteiger partial charge in [0, 0.05) is 5.56 Å². The zero-order valence-electron chi connectivity index (χ0n) is 7.87. The van der Waals surface area contributed by atoms with E-state index in [4.69, 9.17) is 5.73 Å². The molecule has 0 aliphatic rings. The predicted octanol–water partition coefficient (Wildman–Crippen LogP) is 2.22. The van der Waals surface area contributed by atoms with Gasteiger partial charge in [-0.05, 0) is 18.1 Å². The topological polar surface area (TPSA) is 46.2 Å². The van der Waals surface area contributed by atoms with E-state index in [2.05, 4.69) is 0 Å². The van der Waals surface area contributed by atoms with Gasteiger partial charge in [-0.25, -0.2) is 8.78 Å². The summed E-state index contributed by atoms with van der Waals surface area (Å²) in [6.07, 6.45) is -1.93. The van der Waals surface area contributed by atoms with E-state index in [-0.39, 0.29) is 11.3 Å². The lowest BCUT2D eigenvalue weighted by molar-refractivity contribution is 0.115. The van der Waals surface area contributed by atoms with Gasteiger partial charge >= 0.3 is 0 Å². The quantitative estimate of drug-likeness (QED) is 0.787. The molecule has 14 heavy (non-hydrogen) atoms. The third-order valence-electron chi connectivity index (χ3n) is 2.13. The van der Waals surface area contributed by atoms with E-state index in [0.717, 1.165) is 12.0 Å². The standard InChI is InChI=1S/C10H13F2NO/c1-2-6-3-4-8(14)7(5-6)9(13)10(11)12/h3-5,9-10,14H,2,13H2,1H3/t9-/m0/s1. The van der Waals surface area contributed by atoms with Crippen LogP contribution in [0.15, 0.2) is 18.2 Å². The van der Waals surface area contributed by atoms with Gasteiger partial charge in [-0.3, -0.25) is 0 Å². The Kier molecular flexibility index (Phi) is 3.41. The molecule has 0 saturated carbocycles. The lowest BCUT2D eigenvalue weighted by Gasteiger charge is -2.13. The van der Waals surface area contributed by atoms with Crippen molar-refractivity contribution in [1.82, 2.24) is 0 Å². The number of hydrogen-bond donors (Lipinski definition) is 2. The molecule has 0 aromatic heterocycles. The lowest BCUT2D eigenvalue weighted by Crippen LogP contribution is -2.19. The maximum Gasteiger partial charge on any atom is 0.257 e. The van der Waals surface area contributed by atoms with Gasteiger partial charge in [-0.15, -0.1) is 0 Å². The maximum absolute atomic E-state index is 12.3. The van der Waals surface area contributed by atoms with Gasteiger partial charge in [0.2, 0.25) is 0 Å². The smallest absolute Gasteiger partial charge is 0.257 e. The molecule has 3 N–H and O–H groups in total. The van der Waals surface area contributed by atoms with Crippen LogP contribution in [0.4, 0.5) is 8.78 Å². The highest BCUT2D eigenvalue weighted by molar-refractivity contribution is 5.38. The molecule has 0 fully saturated rings. The summed E-state index contributed by atoms with van der Waals surface area (Å²) in [7, 11) is 0. The van der Waals surface area contributed by atoms with Gasteiger partial charge in [0.1, 0.15) is 5.75 Å². The average Bonchev–Trinajstić information content (AvgIpc) is 2.17. The summed E-state index contributed by atoms with van der Waals surface area (Å²) in [4.78, 5) is 0. The largest absolute Gasteiger partial charge is 0.508 e. The predicted molar refractivity (Wildman–Crippen MR) is 50.4 cm³/mol. The third kappa shape index (κ3) is 2.20. The minimum absolute atomic E-state index is 0.111. The van der Waals surface area contributed by atoms with E-state index >= 15 is 0 Å². The van der Waals surface area contributed by atoms with Crippen LogP contribution in [0.1, 0.15) is 24.1 Å². The monoisotopic (exact) mass is 201 g/mol. The summed E-state index contributed by atoms with van der Waals surface area (Å²) in [5.74, 6) is -0.171. The fraction of sp³-hybridized carbons (Fsp3) is 0.400. The summed E-state index contributed by atoms with van der Waals surface area (Å²) < 4.78 is 24.6. The number of halogens is 2. The van der Waals surface area contributed by atoms with Crippen molar-refractivity contribution in [3.63, 3.8) is 0 Å². The zero-order chi connectivity index (χ0) is 10.7. The molecular weight excluding hydrogens is 188 g/mol. The summed E-state index contributed by atoms with van der Waals surface area (Å²) in [5, 5.41) is 9.34. The molecule has 0 amide bonds. The number of nitrogens with two attached hydrogens (primary N) is 1. The number of hydrogen-bond acceptors (Lipinski definition) is 2. The van der Waals surface area contributed by atoms with Crippen molar-refractivity contribution in [3.05, 3.63) is 29.3 Å². The second kappa shape index (κ2) is 4.37. The molecule has 0 heterocycles. The van der Waals surface area contributed by atoms with Gasteiger partial charge in [0.25, 0.3) is 6.43 Å². The van der Waals surface area contributed by atoms with Gasteiger partial charge in [-0.1, -0.05) is 19.1 Å². The van der Waals surface area contributed by atoms with E-state index in [1.165, 1.54) is 12.1 Å². The number of phenols is 1. The van der Waals surface area contributed by atoms with Crippen LogP contribution < -0.4 is 5.73 Å². The van der Waals surface area contributed by atoms with Crippen molar-refractivity contribution >= 4 is 0 Å². The summed E-state index contributed by atoms with van der Waals surface area (Å²) in [6.45, 7) is 1.91. The Balaban J connectivity index is 3.05. The molecule has 1 rings (SSSR count). The molecule has 4 heteroatoms. The van der Waals surface area contributed by atoms with Crippen molar-refractivity contribution in [2.24, 2.45) is 5.73 Å². The fourth-order valence-corrected chi connectivity index (χ4v) is 1.23. The van der Waals surface area contributed by atoms with Crippen LogP contribution in [0.5, 0.6) is 5.75 Å². The third-order valence-corrected chi connectivity index (χ3v) is 2.13. The van der Waals surface area contributed by atoms with Crippen molar-refractivity contribution < 1.29 is 13.9 Å². The average molecular weight is 201 g/mol. The minimum atomic E-state index is -2.66. The fourth-order valence-electron chi connectivity index (χ4n) is 1.23. The van der Waals surface area contributed by atoms with E-state index < -0.39 is 12.5 Å². The van der Waals surface area contributed by atoms with Crippen LogP contribution in [0, 0.1) is 0 Å². The molecule has 0 radical (unpaired) electrons. The highest BCUT2D eigenvalue weighted by atomic mass is 19.3. The number of alkyl halides is 2. The molecular formula is C10H13F2NO. The first-order valence-electron chi connectivity index (χ1n) is 4.41. The van der Waals surface area contributed by atoms with Crippen LogP contribution in [-0.4, -0.2) is 11.5 Å². The Morgan fingerprint density at radius 1 is 1.43 bits per heavy atom. The van der Waals surface area contributed by atoms with Gasteiger partial charge in [0.15, 0.2) is 0 Å². The van der Waals surface area contributed by atoms with Crippen LogP contribution in [0.25, 0.3) is 0 Å². The Hall–Kier alpha value is -1.16. The molecule has 2 nitrogen and oxygen atoms in total. The van der Waals surface area contributed by atoms with Crippen LogP contribution >= 0.6 is 0 Å². The summed E-state index contributed by atoms with van der Waals surface area (Å²) in [5.41, 5.74) is 6.25. The van der Waals surface area contributed by atoms with E-state index in [1.807, 2.05) is 6.92 Å². The Morgan fingerprint density at radius 3 is 2.57 bits per heavy atom. The van der Waals surface area contributed by atoms with Gasteiger partial charge < -0.3 is 10.8 Å².